The van der Waals surface area contributed by atoms with Gasteiger partial charge in [-0.25, -0.2) is 0 Å². The molecule has 0 saturated heterocycles. The molecule has 0 aromatic rings. The van der Waals surface area contributed by atoms with Crippen molar-refractivity contribution < 1.29 is 78.9 Å². The maximum Gasteiger partial charge on any atom is 1.00 e. The van der Waals surface area contributed by atoms with Crippen molar-refractivity contribution in [1.82, 2.24) is 0 Å². The van der Waals surface area contributed by atoms with Gasteiger partial charge in [-0.3, -0.25) is 0 Å². The zero-order valence-corrected chi connectivity index (χ0v) is 13.1. The average molecular weight is 228 g/mol. The van der Waals surface area contributed by atoms with E-state index in [0.717, 1.165) is 19.3 Å². The molecule has 0 aromatic carbocycles. The zero-order chi connectivity index (χ0) is 9.59. The summed E-state index contributed by atoms with van der Waals surface area (Å²) >= 11 is 0. The molecular formula is C9H10Na2O4. The van der Waals surface area contributed by atoms with E-state index in [1.54, 1.807) is 0 Å². The second kappa shape index (κ2) is 6.03. The zero-order valence-electron chi connectivity index (χ0n) is 9.06. The van der Waals surface area contributed by atoms with Gasteiger partial charge in [-0.15, -0.1) is 0 Å². The van der Waals surface area contributed by atoms with Gasteiger partial charge in [0.15, 0.2) is 0 Å². The Morgan fingerprint density at radius 2 is 1.20 bits per heavy atom. The van der Waals surface area contributed by atoms with Gasteiger partial charge in [0.1, 0.15) is 0 Å². The molecule has 15 heavy (non-hydrogen) atoms. The SMILES string of the molecule is O=C([O-])C1C2CCC(C2)C1C(=O)[O-].[Na+].[Na+]. The number of rotatable bonds is 2. The number of carbonyl (C=O) groups is 2. The van der Waals surface area contributed by atoms with Crippen LogP contribution < -0.4 is 69.3 Å². The minimum absolute atomic E-state index is 0. The van der Waals surface area contributed by atoms with Crippen LogP contribution in [0.25, 0.3) is 0 Å². The van der Waals surface area contributed by atoms with Gasteiger partial charge < -0.3 is 19.8 Å². The van der Waals surface area contributed by atoms with Crippen molar-refractivity contribution >= 4 is 11.9 Å². The predicted molar refractivity (Wildman–Crippen MR) is 37.8 cm³/mol. The van der Waals surface area contributed by atoms with Crippen molar-refractivity contribution in [1.29, 1.82) is 0 Å². The maximum atomic E-state index is 10.7. The Bertz CT molecular complexity index is 243. The summed E-state index contributed by atoms with van der Waals surface area (Å²) in [5.41, 5.74) is 0. The van der Waals surface area contributed by atoms with Gasteiger partial charge in [-0.05, 0) is 31.1 Å². The maximum absolute atomic E-state index is 10.7. The second-order valence-corrected chi connectivity index (χ2v) is 4.02. The van der Waals surface area contributed by atoms with Gasteiger partial charge in [-0.2, -0.15) is 0 Å². The van der Waals surface area contributed by atoms with Crippen molar-refractivity contribution in [3.63, 3.8) is 0 Å². The molecule has 2 aliphatic carbocycles. The Hall–Kier alpha value is 0.940. The van der Waals surface area contributed by atoms with E-state index < -0.39 is 23.8 Å². The Balaban J connectivity index is 0.000000980. The summed E-state index contributed by atoms with van der Waals surface area (Å²) in [6, 6.07) is 0. The van der Waals surface area contributed by atoms with E-state index in [9.17, 15) is 19.8 Å². The molecular weight excluding hydrogens is 218 g/mol. The molecule has 4 unspecified atom stereocenters. The largest absolute Gasteiger partial charge is 1.00 e. The molecule has 2 bridgehead atoms. The Morgan fingerprint density at radius 3 is 1.47 bits per heavy atom. The summed E-state index contributed by atoms with van der Waals surface area (Å²) in [5.74, 6) is -4.02. The molecule has 0 aromatic heterocycles. The number of hydrogen-bond donors (Lipinski definition) is 0. The van der Waals surface area contributed by atoms with E-state index in [1.165, 1.54) is 0 Å². The van der Waals surface area contributed by atoms with Crippen LogP contribution in [0.15, 0.2) is 0 Å². The van der Waals surface area contributed by atoms with E-state index in [0.29, 0.717) is 0 Å². The third-order valence-corrected chi connectivity index (χ3v) is 3.46. The van der Waals surface area contributed by atoms with Crippen LogP contribution in [0.3, 0.4) is 0 Å². The fourth-order valence-electron chi connectivity index (χ4n) is 2.97. The van der Waals surface area contributed by atoms with Gasteiger partial charge in [0.05, 0.1) is 0 Å². The topological polar surface area (TPSA) is 80.3 Å². The second-order valence-electron chi connectivity index (χ2n) is 4.02. The normalized spacial score (nSPS) is 36.5. The fourth-order valence-corrected chi connectivity index (χ4v) is 2.97. The monoisotopic (exact) mass is 228 g/mol. The summed E-state index contributed by atoms with van der Waals surface area (Å²) in [4.78, 5) is 21.4. The summed E-state index contributed by atoms with van der Waals surface area (Å²) < 4.78 is 0. The molecule has 2 saturated carbocycles. The van der Waals surface area contributed by atoms with Crippen molar-refractivity contribution in [3.05, 3.63) is 0 Å². The molecule has 0 amide bonds. The van der Waals surface area contributed by atoms with Crippen molar-refractivity contribution in [2.45, 2.75) is 19.3 Å². The van der Waals surface area contributed by atoms with E-state index in [2.05, 4.69) is 0 Å². The molecule has 4 nitrogen and oxygen atoms in total. The molecule has 72 valence electrons. The Morgan fingerprint density at radius 1 is 0.867 bits per heavy atom. The van der Waals surface area contributed by atoms with Gasteiger partial charge in [0.2, 0.25) is 0 Å². The van der Waals surface area contributed by atoms with Gasteiger partial charge in [-0.1, -0.05) is 0 Å². The summed E-state index contributed by atoms with van der Waals surface area (Å²) in [5, 5.41) is 21.4. The number of aliphatic carboxylic acids is 2. The average Bonchev–Trinajstić information content (AvgIpc) is 2.60. The molecule has 0 spiro atoms. The van der Waals surface area contributed by atoms with E-state index in [-0.39, 0.29) is 71.0 Å². The van der Waals surface area contributed by atoms with Gasteiger partial charge >= 0.3 is 59.1 Å². The van der Waals surface area contributed by atoms with Crippen molar-refractivity contribution in [2.24, 2.45) is 23.7 Å². The molecule has 0 aliphatic heterocycles. The number of carboxylic acid groups (broad SMARTS) is 2. The van der Waals surface area contributed by atoms with Crippen LogP contribution in [0.1, 0.15) is 19.3 Å². The molecule has 2 rings (SSSR count). The van der Waals surface area contributed by atoms with Crippen LogP contribution in [0.5, 0.6) is 0 Å². The van der Waals surface area contributed by atoms with E-state index in [1.807, 2.05) is 0 Å². The molecule has 2 fully saturated rings. The molecule has 4 atom stereocenters. The van der Waals surface area contributed by atoms with Crippen molar-refractivity contribution in [3.8, 4) is 0 Å². The Kier molecular flexibility index (Phi) is 6.41. The number of carboxylic acids is 2. The third-order valence-electron chi connectivity index (χ3n) is 3.46. The summed E-state index contributed by atoms with van der Waals surface area (Å²) in [6.07, 6.45) is 2.37. The molecule has 2 aliphatic rings. The first kappa shape index (κ1) is 15.9. The van der Waals surface area contributed by atoms with E-state index >= 15 is 0 Å². The molecule has 0 radical (unpaired) electrons. The Labute approximate surface area is 132 Å². The molecule has 6 heteroatoms. The van der Waals surface area contributed by atoms with Crippen LogP contribution in [-0.4, -0.2) is 11.9 Å². The van der Waals surface area contributed by atoms with Crippen LogP contribution in [0.4, 0.5) is 0 Å². The minimum Gasteiger partial charge on any atom is -0.550 e. The first-order valence-electron chi connectivity index (χ1n) is 4.53. The van der Waals surface area contributed by atoms with Crippen LogP contribution in [-0.2, 0) is 9.59 Å². The minimum atomic E-state index is -1.22. The third kappa shape index (κ3) is 2.79. The number of carbonyl (C=O) groups excluding carboxylic acids is 2. The van der Waals surface area contributed by atoms with E-state index in [4.69, 9.17) is 0 Å². The van der Waals surface area contributed by atoms with Crippen LogP contribution in [0, 0.1) is 23.7 Å². The number of fused-ring (bicyclic) bond motifs is 2. The smallest absolute Gasteiger partial charge is 0.550 e. The quantitative estimate of drug-likeness (QED) is 0.440. The van der Waals surface area contributed by atoms with Crippen LogP contribution in [0.2, 0.25) is 0 Å². The van der Waals surface area contributed by atoms with Crippen molar-refractivity contribution in [2.75, 3.05) is 0 Å². The standard InChI is InChI=1S/C9H12O4.2Na/c10-8(11)6-4-1-2-5(3-4)7(6)9(12)13;;/h4-7H,1-3H2,(H,10,11)(H,12,13);;/q;2*+1/p-2. The van der Waals surface area contributed by atoms with Gasteiger partial charge in [0.25, 0.3) is 0 Å². The van der Waals surface area contributed by atoms with Gasteiger partial charge in [0, 0.05) is 23.8 Å². The van der Waals surface area contributed by atoms with Crippen LogP contribution >= 0.6 is 0 Å². The fraction of sp³-hybridized carbons (Fsp3) is 0.778. The molecule has 0 heterocycles. The molecule has 0 N–H and O–H groups in total. The summed E-state index contributed by atoms with van der Waals surface area (Å²) in [6.45, 7) is 0. The number of hydrogen-bond acceptors (Lipinski definition) is 4. The first-order chi connectivity index (χ1) is 6.11. The summed E-state index contributed by atoms with van der Waals surface area (Å²) in [7, 11) is 0. The predicted octanol–water partition coefficient (Wildman–Crippen LogP) is -7.84. The first-order valence-corrected chi connectivity index (χ1v) is 4.53.